The van der Waals surface area contributed by atoms with Gasteiger partial charge in [0.1, 0.15) is 5.60 Å². The third-order valence-corrected chi connectivity index (χ3v) is 8.28. The van der Waals surface area contributed by atoms with Crippen molar-refractivity contribution in [2.24, 2.45) is 11.8 Å². The lowest BCUT2D eigenvalue weighted by molar-refractivity contribution is -0.0693. The normalized spacial score (nSPS) is 23.9. The lowest BCUT2D eigenvalue weighted by atomic mass is 9.52. The fraction of sp³-hybridized carbons (Fsp3) is 0.171. The Kier molecular flexibility index (Phi) is 7.32. The third kappa shape index (κ3) is 4.98. The van der Waals surface area contributed by atoms with Crippen molar-refractivity contribution >= 4 is 11.6 Å². The Morgan fingerprint density at radius 3 is 1.71 bits per heavy atom. The number of benzene rings is 2. The van der Waals surface area contributed by atoms with E-state index in [1.54, 1.807) is 61.3 Å². The Balaban J connectivity index is 1.64. The zero-order valence-corrected chi connectivity index (χ0v) is 22.3. The maximum absolute atomic E-state index is 14.6. The minimum Gasteiger partial charge on any atom is -0.384 e. The van der Waals surface area contributed by atoms with Gasteiger partial charge in [-0.3, -0.25) is 24.5 Å². The third-order valence-electron chi connectivity index (χ3n) is 8.28. The Morgan fingerprint density at radius 2 is 1.17 bits per heavy atom. The maximum Gasteiger partial charge on any atom is 0.171 e. The van der Waals surface area contributed by atoms with Crippen LogP contribution in [0.3, 0.4) is 0 Å². The summed E-state index contributed by atoms with van der Waals surface area (Å²) in [5.41, 5.74) is 1.49. The molecule has 0 saturated heterocycles. The predicted octanol–water partition coefficient (Wildman–Crippen LogP) is 6.03. The van der Waals surface area contributed by atoms with Crippen molar-refractivity contribution in [3.05, 3.63) is 162 Å². The first-order chi connectivity index (χ1) is 20.1. The second kappa shape index (κ2) is 11.4. The Hall–Kier alpha value is -4.81. The molecule has 0 spiro atoms. The van der Waals surface area contributed by atoms with Gasteiger partial charge in [-0.25, -0.2) is 0 Å². The number of aromatic nitrogens is 3. The van der Waals surface area contributed by atoms with Crippen LogP contribution in [0, 0.1) is 11.8 Å². The molecular formula is C35H29N3O3. The molecule has 0 amide bonds. The van der Waals surface area contributed by atoms with Crippen LogP contribution in [0.15, 0.2) is 134 Å². The average Bonchev–Trinajstić information content (AvgIpc) is 3.05. The summed E-state index contributed by atoms with van der Waals surface area (Å²) < 4.78 is 0. The molecule has 1 fully saturated rings. The second-order valence-electron chi connectivity index (χ2n) is 10.5. The average molecular weight is 540 g/mol. The molecule has 41 heavy (non-hydrogen) atoms. The summed E-state index contributed by atoms with van der Waals surface area (Å²) in [5, 5.41) is 12.9. The van der Waals surface area contributed by atoms with Crippen molar-refractivity contribution in [2.45, 2.75) is 23.9 Å². The van der Waals surface area contributed by atoms with Gasteiger partial charge in [0.25, 0.3) is 0 Å². The van der Waals surface area contributed by atoms with Crippen LogP contribution in [0.4, 0.5) is 0 Å². The lowest BCUT2D eigenvalue weighted by Gasteiger charge is -2.51. The van der Waals surface area contributed by atoms with Crippen LogP contribution >= 0.6 is 0 Å². The quantitative estimate of drug-likeness (QED) is 0.254. The van der Waals surface area contributed by atoms with Gasteiger partial charge >= 0.3 is 0 Å². The molecule has 5 aromatic rings. The molecule has 6 rings (SSSR count). The van der Waals surface area contributed by atoms with E-state index in [-0.39, 0.29) is 18.0 Å². The van der Waals surface area contributed by atoms with Gasteiger partial charge in [-0.1, -0.05) is 66.7 Å². The van der Waals surface area contributed by atoms with Gasteiger partial charge in [-0.2, -0.15) is 0 Å². The molecule has 0 aliphatic heterocycles. The van der Waals surface area contributed by atoms with Gasteiger partial charge in [-0.05, 0) is 53.8 Å². The fourth-order valence-corrected chi connectivity index (χ4v) is 6.48. The molecule has 1 saturated carbocycles. The van der Waals surface area contributed by atoms with E-state index in [0.29, 0.717) is 16.7 Å². The summed E-state index contributed by atoms with van der Waals surface area (Å²) in [7, 11) is 0. The zero-order valence-electron chi connectivity index (χ0n) is 22.3. The molecule has 6 nitrogen and oxygen atoms in total. The van der Waals surface area contributed by atoms with Crippen molar-refractivity contribution in [1.29, 1.82) is 0 Å². The van der Waals surface area contributed by atoms with Crippen LogP contribution < -0.4 is 0 Å². The molecule has 2 aromatic carbocycles. The standard InChI is InChI=1S/C35H29N3O3/c39-33(26-14-7-17-36-21-26)31-29(24-10-3-1-4-11-24)20-35(41,28-16-9-19-38-23-28)32(30(31)25-12-5-2-6-13-25)34(40)27-15-8-18-37-22-27/h1-19,21-23,29-32,41H,20H2. The largest absolute Gasteiger partial charge is 0.384 e. The highest BCUT2D eigenvalue weighted by atomic mass is 16.3. The van der Waals surface area contributed by atoms with Gasteiger partial charge in [-0.15, -0.1) is 0 Å². The number of carbonyl (C=O) groups is 2. The molecule has 3 aromatic heterocycles. The summed E-state index contributed by atoms with van der Waals surface area (Å²) in [6.07, 6.45) is 9.76. The van der Waals surface area contributed by atoms with Gasteiger partial charge in [0.05, 0.1) is 5.92 Å². The van der Waals surface area contributed by atoms with Crippen molar-refractivity contribution in [3.8, 4) is 0 Å². The molecule has 0 bridgehead atoms. The number of ketones is 2. The van der Waals surface area contributed by atoms with Crippen LogP contribution in [0.5, 0.6) is 0 Å². The number of hydrogen-bond acceptors (Lipinski definition) is 6. The van der Waals surface area contributed by atoms with E-state index >= 15 is 0 Å². The topological polar surface area (TPSA) is 93.0 Å². The van der Waals surface area contributed by atoms with E-state index in [4.69, 9.17) is 0 Å². The van der Waals surface area contributed by atoms with Crippen molar-refractivity contribution < 1.29 is 14.7 Å². The first kappa shape index (κ1) is 26.4. The molecule has 5 unspecified atom stereocenters. The summed E-state index contributed by atoms with van der Waals surface area (Å²) in [6, 6.07) is 29.9. The predicted molar refractivity (Wildman–Crippen MR) is 155 cm³/mol. The molecule has 1 N–H and O–H groups in total. The van der Waals surface area contributed by atoms with Gasteiger partial charge in [0.2, 0.25) is 0 Å². The number of nitrogens with zero attached hydrogens (tertiary/aromatic N) is 3. The van der Waals surface area contributed by atoms with Crippen LogP contribution in [0.25, 0.3) is 0 Å². The summed E-state index contributed by atoms with van der Waals surface area (Å²) >= 11 is 0. The summed E-state index contributed by atoms with van der Waals surface area (Å²) in [4.78, 5) is 41.9. The van der Waals surface area contributed by atoms with E-state index < -0.39 is 29.3 Å². The molecule has 1 aliphatic rings. The Morgan fingerprint density at radius 1 is 0.634 bits per heavy atom. The zero-order chi connectivity index (χ0) is 28.2. The Labute approximate surface area is 238 Å². The van der Waals surface area contributed by atoms with Crippen LogP contribution in [0.2, 0.25) is 0 Å². The lowest BCUT2D eigenvalue weighted by Crippen LogP contribution is -2.53. The number of hydrogen-bond donors (Lipinski definition) is 1. The van der Waals surface area contributed by atoms with E-state index in [1.807, 2.05) is 66.7 Å². The monoisotopic (exact) mass is 539 g/mol. The van der Waals surface area contributed by atoms with Gasteiger partial charge in [0.15, 0.2) is 11.6 Å². The van der Waals surface area contributed by atoms with Crippen molar-refractivity contribution in [2.75, 3.05) is 0 Å². The highest BCUT2D eigenvalue weighted by Crippen LogP contribution is 2.58. The molecule has 202 valence electrons. The van der Waals surface area contributed by atoms with Crippen LogP contribution in [0.1, 0.15) is 55.7 Å². The molecule has 5 atom stereocenters. The molecular weight excluding hydrogens is 510 g/mol. The molecule has 3 heterocycles. The Bertz CT molecular complexity index is 1620. The highest BCUT2D eigenvalue weighted by Gasteiger charge is 2.58. The van der Waals surface area contributed by atoms with Gasteiger partial charge < -0.3 is 5.11 Å². The van der Waals surface area contributed by atoms with Crippen molar-refractivity contribution in [1.82, 2.24) is 15.0 Å². The summed E-state index contributed by atoms with van der Waals surface area (Å²) in [6.45, 7) is 0. The van der Waals surface area contributed by atoms with Gasteiger partial charge in [0, 0.05) is 65.7 Å². The first-order valence-corrected chi connectivity index (χ1v) is 13.7. The number of pyridine rings is 3. The summed E-state index contributed by atoms with van der Waals surface area (Å²) in [5.74, 6) is -3.11. The minimum absolute atomic E-state index is 0.113. The minimum atomic E-state index is -1.63. The molecule has 0 radical (unpaired) electrons. The molecule has 1 aliphatic carbocycles. The fourth-order valence-electron chi connectivity index (χ4n) is 6.48. The van der Waals surface area contributed by atoms with E-state index in [9.17, 15) is 14.7 Å². The number of rotatable bonds is 7. The first-order valence-electron chi connectivity index (χ1n) is 13.7. The second-order valence-corrected chi connectivity index (χ2v) is 10.5. The molecule has 6 heteroatoms. The number of Topliss-reactive ketones (excluding diaryl/α,β-unsaturated/α-hetero) is 2. The van der Waals surface area contributed by atoms with E-state index in [2.05, 4.69) is 15.0 Å². The van der Waals surface area contributed by atoms with Crippen LogP contribution in [-0.2, 0) is 5.60 Å². The smallest absolute Gasteiger partial charge is 0.171 e. The maximum atomic E-state index is 14.6. The highest BCUT2D eigenvalue weighted by molar-refractivity contribution is 6.02. The number of carbonyl (C=O) groups excluding carboxylic acids is 2. The van der Waals surface area contributed by atoms with E-state index in [1.165, 1.54) is 6.20 Å². The number of aliphatic hydroxyl groups is 1. The van der Waals surface area contributed by atoms with E-state index in [0.717, 1.165) is 11.1 Å². The van der Waals surface area contributed by atoms with Crippen molar-refractivity contribution in [3.63, 3.8) is 0 Å². The SMILES string of the molecule is O=C(c1cccnc1)C1C(c2ccccc2)CC(O)(c2cccnc2)C(C(=O)c2cccnc2)C1c1ccccc1. The van der Waals surface area contributed by atoms with Crippen LogP contribution in [-0.4, -0.2) is 31.6 Å².